The highest BCUT2D eigenvalue weighted by Crippen LogP contribution is 2.37. The number of carbonyl (C=O) groups excluding carboxylic acids is 1. The van der Waals surface area contributed by atoms with Gasteiger partial charge in [-0.05, 0) is 65.2 Å². The summed E-state index contributed by atoms with van der Waals surface area (Å²) in [5.41, 5.74) is 3.61. The van der Waals surface area contributed by atoms with E-state index < -0.39 is 11.7 Å². The molecule has 0 saturated carbocycles. The van der Waals surface area contributed by atoms with E-state index in [0.717, 1.165) is 71.8 Å². The number of amides is 1. The number of fused-ring (bicyclic) bond motifs is 1. The maximum Gasteiger partial charge on any atom is 0.407 e. The lowest BCUT2D eigenvalue weighted by Crippen LogP contribution is -2.44. The van der Waals surface area contributed by atoms with Gasteiger partial charge in [0.1, 0.15) is 22.6 Å². The first-order valence-electron chi connectivity index (χ1n) is 16.0. The van der Waals surface area contributed by atoms with Crippen molar-refractivity contribution in [1.29, 1.82) is 0 Å². The fourth-order valence-corrected chi connectivity index (χ4v) is 5.82. The second kappa shape index (κ2) is 14.1. The molecule has 4 aromatic heterocycles. The lowest BCUT2D eigenvalue weighted by Gasteiger charge is -2.34. The Bertz CT molecular complexity index is 1630. The smallest absolute Gasteiger partial charge is 0.407 e. The molecule has 14 nitrogen and oxygen atoms in total. The average Bonchev–Trinajstić information content (AvgIpc) is 3.72. The highest BCUT2D eigenvalue weighted by Gasteiger charge is 2.26. The molecule has 0 radical (unpaired) electrons. The predicted octanol–water partition coefficient (Wildman–Crippen LogP) is 4.22. The summed E-state index contributed by atoms with van der Waals surface area (Å²) in [6.07, 6.45) is 7.83. The number of hydrogen-bond donors (Lipinski definition) is 1. The SMILES string of the molecule is C[C@@H]1COCCN1c1cc(-c2cnnn2CCOCCNC(=O)OC(C)(C)C)c2ccnc(-c3ccnn3C3CCCCO3)c2n1. The van der Waals surface area contributed by atoms with Crippen molar-refractivity contribution in [3.63, 3.8) is 0 Å². The summed E-state index contributed by atoms with van der Waals surface area (Å²) < 4.78 is 26.7. The van der Waals surface area contributed by atoms with Crippen LogP contribution in [0.15, 0.2) is 36.8 Å². The molecule has 6 rings (SSSR count). The normalized spacial score (nSPS) is 19.0. The average molecular weight is 634 g/mol. The van der Waals surface area contributed by atoms with E-state index in [9.17, 15) is 4.79 Å². The number of pyridine rings is 2. The lowest BCUT2D eigenvalue weighted by atomic mass is 10.0. The van der Waals surface area contributed by atoms with Crippen LogP contribution in [-0.4, -0.2) is 98.6 Å². The number of anilines is 1. The zero-order valence-corrected chi connectivity index (χ0v) is 27.0. The number of nitrogens with zero attached hydrogens (tertiary/aromatic N) is 8. The molecule has 4 aromatic rings. The van der Waals surface area contributed by atoms with Gasteiger partial charge in [0.2, 0.25) is 0 Å². The third kappa shape index (κ3) is 7.29. The van der Waals surface area contributed by atoms with E-state index in [1.165, 1.54) is 0 Å². The molecule has 2 fully saturated rings. The molecule has 2 atom stereocenters. The van der Waals surface area contributed by atoms with Gasteiger partial charge < -0.3 is 29.2 Å². The third-order valence-electron chi connectivity index (χ3n) is 7.97. The number of nitrogens with one attached hydrogen (secondary N) is 1. The van der Waals surface area contributed by atoms with Gasteiger partial charge in [-0.3, -0.25) is 4.98 Å². The van der Waals surface area contributed by atoms with Crippen molar-refractivity contribution in [1.82, 2.24) is 40.1 Å². The van der Waals surface area contributed by atoms with E-state index in [0.29, 0.717) is 39.5 Å². The van der Waals surface area contributed by atoms with Gasteiger partial charge in [-0.25, -0.2) is 19.1 Å². The van der Waals surface area contributed by atoms with Crippen molar-refractivity contribution in [3.8, 4) is 22.6 Å². The number of hydrogen-bond acceptors (Lipinski definition) is 11. The molecule has 2 aliphatic heterocycles. The van der Waals surface area contributed by atoms with E-state index in [2.05, 4.69) is 38.6 Å². The van der Waals surface area contributed by atoms with Gasteiger partial charge in [0.05, 0.1) is 56.6 Å². The molecule has 0 aliphatic carbocycles. The summed E-state index contributed by atoms with van der Waals surface area (Å²) in [5.74, 6) is 0.838. The van der Waals surface area contributed by atoms with E-state index in [-0.39, 0.29) is 12.3 Å². The van der Waals surface area contributed by atoms with E-state index in [1.54, 1.807) is 12.4 Å². The van der Waals surface area contributed by atoms with Gasteiger partial charge in [-0.15, -0.1) is 5.10 Å². The number of ether oxygens (including phenoxy) is 4. The molecule has 46 heavy (non-hydrogen) atoms. The molecule has 14 heteroatoms. The Morgan fingerprint density at radius 2 is 2.02 bits per heavy atom. The summed E-state index contributed by atoms with van der Waals surface area (Å²) in [7, 11) is 0. The van der Waals surface area contributed by atoms with Crippen molar-refractivity contribution >= 4 is 22.8 Å². The van der Waals surface area contributed by atoms with Crippen LogP contribution in [0.25, 0.3) is 33.5 Å². The summed E-state index contributed by atoms with van der Waals surface area (Å²) >= 11 is 0. The molecule has 2 aliphatic rings. The number of morpholine rings is 1. The van der Waals surface area contributed by atoms with Crippen LogP contribution in [0.1, 0.15) is 53.2 Å². The fourth-order valence-electron chi connectivity index (χ4n) is 5.82. The highest BCUT2D eigenvalue weighted by atomic mass is 16.6. The molecule has 0 spiro atoms. The molecule has 1 N–H and O–H groups in total. The largest absolute Gasteiger partial charge is 0.444 e. The Morgan fingerprint density at radius 1 is 1.13 bits per heavy atom. The molecule has 6 heterocycles. The van der Waals surface area contributed by atoms with E-state index in [4.69, 9.17) is 28.9 Å². The van der Waals surface area contributed by atoms with Crippen molar-refractivity contribution in [2.45, 2.75) is 71.4 Å². The third-order valence-corrected chi connectivity index (χ3v) is 7.97. The Kier molecular flexibility index (Phi) is 9.75. The van der Waals surface area contributed by atoms with Crippen LogP contribution in [0.2, 0.25) is 0 Å². The molecule has 0 aromatic carbocycles. The van der Waals surface area contributed by atoms with E-state index in [1.807, 2.05) is 48.5 Å². The molecule has 246 valence electrons. The monoisotopic (exact) mass is 633 g/mol. The molecule has 2 saturated heterocycles. The topological polar surface area (TPSA) is 144 Å². The first-order chi connectivity index (χ1) is 22.3. The summed E-state index contributed by atoms with van der Waals surface area (Å²) in [4.78, 5) is 24.3. The van der Waals surface area contributed by atoms with Gasteiger partial charge in [0.15, 0.2) is 6.23 Å². The van der Waals surface area contributed by atoms with Gasteiger partial charge in [-0.1, -0.05) is 5.21 Å². The molecular weight excluding hydrogens is 590 g/mol. The maximum absolute atomic E-state index is 11.9. The van der Waals surface area contributed by atoms with Crippen LogP contribution in [0.5, 0.6) is 0 Å². The number of alkyl carbamates (subject to hydrolysis) is 1. The molecule has 0 bridgehead atoms. The van der Waals surface area contributed by atoms with Crippen molar-refractivity contribution in [2.24, 2.45) is 0 Å². The summed E-state index contributed by atoms with van der Waals surface area (Å²) in [5, 5.41) is 16.9. The summed E-state index contributed by atoms with van der Waals surface area (Å²) in [6.45, 7) is 11.9. The van der Waals surface area contributed by atoms with Crippen LogP contribution in [0.4, 0.5) is 10.6 Å². The Balaban J connectivity index is 1.29. The van der Waals surface area contributed by atoms with E-state index >= 15 is 0 Å². The van der Waals surface area contributed by atoms with Crippen molar-refractivity contribution in [2.75, 3.05) is 51.0 Å². The highest BCUT2D eigenvalue weighted by molar-refractivity contribution is 6.01. The van der Waals surface area contributed by atoms with Crippen LogP contribution >= 0.6 is 0 Å². The van der Waals surface area contributed by atoms with Crippen molar-refractivity contribution in [3.05, 3.63) is 36.8 Å². The first kappa shape index (κ1) is 31.8. The van der Waals surface area contributed by atoms with Gasteiger partial charge >= 0.3 is 6.09 Å². The minimum Gasteiger partial charge on any atom is -0.444 e. The summed E-state index contributed by atoms with van der Waals surface area (Å²) in [6, 6.07) is 6.22. The van der Waals surface area contributed by atoms with Crippen LogP contribution in [0.3, 0.4) is 0 Å². The minimum absolute atomic E-state index is 0.136. The Morgan fingerprint density at radius 3 is 2.83 bits per heavy atom. The fraction of sp³-hybridized carbons (Fsp3) is 0.562. The lowest BCUT2D eigenvalue weighted by molar-refractivity contribution is -0.0383. The van der Waals surface area contributed by atoms with Gasteiger partial charge in [0, 0.05) is 43.0 Å². The zero-order valence-electron chi connectivity index (χ0n) is 27.0. The van der Waals surface area contributed by atoms with Crippen LogP contribution < -0.4 is 10.2 Å². The Labute approximate surface area is 268 Å². The minimum atomic E-state index is -0.549. The van der Waals surface area contributed by atoms with Gasteiger partial charge in [0.25, 0.3) is 0 Å². The quantitative estimate of drug-likeness (QED) is 0.251. The first-order valence-corrected chi connectivity index (χ1v) is 16.0. The molecule has 1 amide bonds. The maximum atomic E-state index is 11.9. The van der Waals surface area contributed by atoms with Crippen LogP contribution in [-0.2, 0) is 25.5 Å². The number of carbonyl (C=O) groups is 1. The Hall–Kier alpha value is -4.14. The standard InChI is InChI=1S/C32H43N9O5/c1-22-21-44-17-13-39(22)27-19-24(26-20-35-38-40(26)14-18-43-16-12-34-31(42)46-32(2,3)4)23-8-10-33-30(29(23)37-27)25-9-11-36-41(25)28-7-5-6-15-45-28/h8-11,19-20,22,28H,5-7,12-18,21H2,1-4H3,(H,34,42)/t22-,28?/m1/s1. The van der Waals surface area contributed by atoms with Crippen molar-refractivity contribution < 1.29 is 23.7 Å². The predicted molar refractivity (Wildman–Crippen MR) is 171 cm³/mol. The second-order valence-corrected chi connectivity index (χ2v) is 12.6. The number of aromatic nitrogens is 7. The van der Waals surface area contributed by atoms with Crippen LogP contribution in [0, 0.1) is 0 Å². The van der Waals surface area contributed by atoms with Gasteiger partial charge in [-0.2, -0.15) is 5.10 Å². The zero-order chi connectivity index (χ0) is 32.1. The molecular formula is C32H43N9O5. The second-order valence-electron chi connectivity index (χ2n) is 12.6. The molecule has 1 unspecified atom stereocenters. The number of rotatable bonds is 10.